The maximum Gasteiger partial charge on any atom is 0.422 e. The molecule has 1 N–H and O–H groups in total. The van der Waals surface area contributed by atoms with Gasteiger partial charge in [-0.15, -0.1) is 0 Å². The van der Waals surface area contributed by atoms with Gasteiger partial charge in [-0.2, -0.15) is 13.2 Å². The van der Waals surface area contributed by atoms with Gasteiger partial charge in [0.15, 0.2) is 18.1 Å². The van der Waals surface area contributed by atoms with E-state index in [4.69, 9.17) is 9.47 Å². The Morgan fingerprint density at radius 1 is 1.31 bits per heavy atom. The molecule has 8 heteroatoms. The van der Waals surface area contributed by atoms with E-state index >= 15 is 0 Å². The third kappa shape index (κ3) is 5.52. The number of aryl methyl sites for hydroxylation is 1. The van der Waals surface area contributed by atoms with E-state index in [1.54, 1.807) is 12.1 Å². The van der Waals surface area contributed by atoms with Gasteiger partial charge in [-0.05, 0) is 38.0 Å². The quantitative estimate of drug-likeness (QED) is 0.832. The molecule has 1 aromatic rings. The predicted molar refractivity (Wildman–Crippen MR) is 91.5 cm³/mol. The lowest BCUT2D eigenvalue weighted by Crippen LogP contribution is -2.57. The fourth-order valence-electron chi connectivity index (χ4n) is 2.95. The van der Waals surface area contributed by atoms with Crippen LogP contribution in [-0.4, -0.2) is 55.9 Å². The smallest absolute Gasteiger partial charge is 0.422 e. The van der Waals surface area contributed by atoms with Crippen LogP contribution in [-0.2, 0) is 11.2 Å². The van der Waals surface area contributed by atoms with Crippen molar-refractivity contribution < 1.29 is 27.4 Å². The Morgan fingerprint density at radius 2 is 2.04 bits per heavy atom. The molecule has 1 saturated heterocycles. The number of nitrogens with one attached hydrogen (secondary N) is 1. The first-order valence-corrected chi connectivity index (χ1v) is 8.60. The summed E-state index contributed by atoms with van der Waals surface area (Å²) in [6, 6.07) is 5.09. The van der Waals surface area contributed by atoms with Crippen molar-refractivity contribution in [2.75, 3.05) is 26.8 Å². The number of ether oxygens (including phenoxy) is 2. The molecule has 0 saturated carbocycles. The fraction of sp³-hybridized carbons (Fsp3) is 0.611. The number of rotatable bonds is 6. The number of carbonyl (C=O) groups is 1. The molecular weight excluding hydrogens is 349 g/mol. The number of piperazine rings is 1. The van der Waals surface area contributed by atoms with E-state index in [0.717, 1.165) is 12.1 Å². The van der Waals surface area contributed by atoms with Gasteiger partial charge in [0.05, 0.1) is 7.11 Å². The lowest BCUT2D eigenvalue weighted by atomic mass is 10.0. The number of benzene rings is 1. The highest BCUT2D eigenvalue weighted by Gasteiger charge is 2.29. The van der Waals surface area contributed by atoms with Crippen LogP contribution in [0.15, 0.2) is 18.2 Å². The summed E-state index contributed by atoms with van der Waals surface area (Å²) in [6.07, 6.45) is -3.59. The molecule has 1 aliphatic heterocycles. The van der Waals surface area contributed by atoms with Crippen LogP contribution in [0.3, 0.4) is 0 Å². The molecule has 26 heavy (non-hydrogen) atoms. The van der Waals surface area contributed by atoms with Crippen LogP contribution in [0.25, 0.3) is 0 Å². The zero-order valence-corrected chi connectivity index (χ0v) is 15.2. The number of carbonyl (C=O) groups excluding carboxylic acids is 1. The second kappa shape index (κ2) is 8.62. The zero-order chi connectivity index (χ0) is 19.3. The van der Waals surface area contributed by atoms with Crippen LogP contribution in [0.2, 0.25) is 0 Å². The van der Waals surface area contributed by atoms with Crippen molar-refractivity contribution in [2.45, 2.75) is 44.9 Å². The molecule has 1 amide bonds. The molecule has 2 rings (SSSR count). The Labute approximate surface area is 151 Å². The minimum Gasteiger partial charge on any atom is -0.493 e. The van der Waals surface area contributed by atoms with Gasteiger partial charge in [0.2, 0.25) is 5.91 Å². The van der Waals surface area contributed by atoms with Crippen LogP contribution < -0.4 is 14.8 Å². The molecule has 0 aliphatic carbocycles. The zero-order valence-electron chi connectivity index (χ0n) is 15.2. The largest absolute Gasteiger partial charge is 0.493 e. The summed E-state index contributed by atoms with van der Waals surface area (Å²) in [5.74, 6) is 0.329. The Kier molecular flexibility index (Phi) is 6.75. The van der Waals surface area contributed by atoms with Crippen molar-refractivity contribution in [1.29, 1.82) is 0 Å². The average molecular weight is 374 g/mol. The molecule has 2 atom stereocenters. The molecule has 5 nitrogen and oxygen atoms in total. The highest BCUT2D eigenvalue weighted by molar-refractivity contribution is 5.77. The summed E-state index contributed by atoms with van der Waals surface area (Å²) in [5, 5.41) is 3.33. The molecule has 146 valence electrons. The Hall–Kier alpha value is -1.96. The number of amides is 1. The van der Waals surface area contributed by atoms with Crippen LogP contribution >= 0.6 is 0 Å². The van der Waals surface area contributed by atoms with Crippen molar-refractivity contribution in [3.8, 4) is 11.5 Å². The molecule has 0 spiro atoms. The van der Waals surface area contributed by atoms with Crippen molar-refractivity contribution in [1.82, 2.24) is 10.2 Å². The lowest BCUT2D eigenvalue weighted by molar-refractivity contribution is -0.153. The number of methoxy groups -OCH3 is 1. The average Bonchev–Trinajstić information content (AvgIpc) is 2.59. The van der Waals surface area contributed by atoms with Crippen LogP contribution in [0, 0.1) is 0 Å². The number of halogens is 3. The number of hydrogen-bond acceptors (Lipinski definition) is 4. The fourth-order valence-corrected chi connectivity index (χ4v) is 2.95. The summed E-state index contributed by atoms with van der Waals surface area (Å²) in [6.45, 7) is 4.15. The van der Waals surface area contributed by atoms with E-state index in [-0.39, 0.29) is 29.5 Å². The van der Waals surface area contributed by atoms with E-state index < -0.39 is 12.8 Å². The van der Waals surface area contributed by atoms with Gasteiger partial charge in [-0.3, -0.25) is 4.79 Å². The third-order valence-corrected chi connectivity index (χ3v) is 4.60. The van der Waals surface area contributed by atoms with Crippen LogP contribution in [0.4, 0.5) is 13.2 Å². The van der Waals surface area contributed by atoms with Gasteiger partial charge in [0, 0.05) is 31.6 Å². The van der Waals surface area contributed by atoms with E-state index in [1.165, 1.54) is 13.2 Å². The van der Waals surface area contributed by atoms with Crippen molar-refractivity contribution in [2.24, 2.45) is 0 Å². The molecule has 1 fully saturated rings. The predicted octanol–water partition coefficient (Wildman–Crippen LogP) is 2.78. The molecule has 1 aromatic carbocycles. The summed E-state index contributed by atoms with van der Waals surface area (Å²) < 4.78 is 46.7. The molecule has 0 aromatic heterocycles. The van der Waals surface area contributed by atoms with Gasteiger partial charge in [-0.1, -0.05) is 6.07 Å². The van der Waals surface area contributed by atoms with Gasteiger partial charge in [0.25, 0.3) is 0 Å². The van der Waals surface area contributed by atoms with Crippen LogP contribution in [0.1, 0.15) is 25.8 Å². The Balaban J connectivity index is 1.96. The van der Waals surface area contributed by atoms with E-state index in [0.29, 0.717) is 19.4 Å². The third-order valence-electron chi connectivity index (χ3n) is 4.60. The van der Waals surface area contributed by atoms with Gasteiger partial charge >= 0.3 is 6.18 Å². The molecule has 0 radical (unpaired) electrons. The summed E-state index contributed by atoms with van der Waals surface area (Å²) >= 11 is 0. The lowest BCUT2D eigenvalue weighted by Gasteiger charge is -2.38. The van der Waals surface area contributed by atoms with Gasteiger partial charge in [-0.25, -0.2) is 0 Å². The number of hydrogen-bond donors (Lipinski definition) is 1. The number of alkyl halides is 3. The summed E-state index contributed by atoms with van der Waals surface area (Å²) in [7, 11) is 1.37. The molecular formula is C18H25F3N2O3. The topological polar surface area (TPSA) is 50.8 Å². The maximum absolute atomic E-state index is 12.5. The van der Waals surface area contributed by atoms with Crippen molar-refractivity contribution in [3.05, 3.63) is 23.8 Å². The summed E-state index contributed by atoms with van der Waals surface area (Å²) in [5.41, 5.74) is 0.811. The molecule has 1 heterocycles. The highest BCUT2D eigenvalue weighted by atomic mass is 19.4. The van der Waals surface area contributed by atoms with E-state index in [9.17, 15) is 18.0 Å². The van der Waals surface area contributed by atoms with E-state index in [2.05, 4.69) is 12.2 Å². The molecule has 2 unspecified atom stereocenters. The first-order valence-electron chi connectivity index (χ1n) is 8.60. The Morgan fingerprint density at radius 3 is 2.69 bits per heavy atom. The normalized spacial score (nSPS) is 20.8. The second-order valence-electron chi connectivity index (χ2n) is 6.46. The first kappa shape index (κ1) is 20.4. The van der Waals surface area contributed by atoms with Crippen molar-refractivity contribution in [3.63, 3.8) is 0 Å². The maximum atomic E-state index is 12.5. The van der Waals surface area contributed by atoms with Gasteiger partial charge in [0.1, 0.15) is 0 Å². The summed E-state index contributed by atoms with van der Waals surface area (Å²) in [4.78, 5) is 14.4. The standard InChI is InChI=1S/C18H25F3N2O3/c1-12-13(2)23(9-8-22-12)17(24)7-5-14-4-6-15(16(10-14)25-3)26-11-18(19,20)21/h4,6,10,12-13,22H,5,7-9,11H2,1-3H3. The molecule has 0 bridgehead atoms. The first-order chi connectivity index (χ1) is 12.2. The van der Waals surface area contributed by atoms with Crippen molar-refractivity contribution >= 4 is 5.91 Å². The minimum absolute atomic E-state index is 0.0319. The second-order valence-corrected chi connectivity index (χ2v) is 6.46. The monoisotopic (exact) mass is 374 g/mol. The van der Waals surface area contributed by atoms with E-state index in [1.807, 2.05) is 11.8 Å². The SMILES string of the molecule is COc1cc(CCC(=O)N2CCNC(C)C2C)ccc1OCC(F)(F)F. The Bertz CT molecular complexity index is 622. The highest BCUT2D eigenvalue weighted by Crippen LogP contribution is 2.30. The minimum atomic E-state index is -4.41. The number of nitrogens with zero attached hydrogens (tertiary/aromatic N) is 1. The molecule has 1 aliphatic rings. The van der Waals surface area contributed by atoms with Gasteiger partial charge < -0.3 is 19.7 Å². The van der Waals surface area contributed by atoms with Crippen LogP contribution in [0.5, 0.6) is 11.5 Å².